The molecule has 2 aromatic rings. The zero-order valence-electron chi connectivity index (χ0n) is 15.0. The number of aryl methyl sites for hydroxylation is 1. The average Bonchev–Trinajstić information content (AvgIpc) is 2.63. The molecule has 0 aliphatic rings. The second kappa shape index (κ2) is 9.56. The predicted octanol–water partition coefficient (Wildman–Crippen LogP) is 4.41. The number of carbonyl (C=O) groups is 2. The van der Waals surface area contributed by atoms with Gasteiger partial charge in [-0.05, 0) is 48.7 Å². The Morgan fingerprint density at radius 3 is 2.69 bits per heavy atom. The number of ether oxygens (including phenoxy) is 1. The Balaban J connectivity index is 1.98. The van der Waals surface area contributed by atoms with Gasteiger partial charge in [0.15, 0.2) is 0 Å². The summed E-state index contributed by atoms with van der Waals surface area (Å²) >= 11 is 0. The zero-order valence-corrected chi connectivity index (χ0v) is 15.0. The van der Waals surface area contributed by atoms with E-state index in [1.807, 2.05) is 13.8 Å². The van der Waals surface area contributed by atoms with E-state index < -0.39 is 12.0 Å². The van der Waals surface area contributed by atoms with Gasteiger partial charge in [0.05, 0.1) is 17.9 Å². The molecule has 0 bridgehead atoms. The van der Waals surface area contributed by atoms with Crippen LogP contribution in [0, 0.1) is 12.7 Å². The summed E-state index contributed by atoms with van der Waals surface area (Å²) in [4.78, 5) is 24.3. The summed E-state index contributed by atoms with van der Waals surface area (Å²) in [5, 5.41) is 5.31. The van der Waals surface area contributed by atoms with Crippen molar-refractivity contribution in [2.45, 2.75) is 33.2 Å². The van der Waals surface area contributed by atoms with Crippen molar-refractivity contribution in [3.05, 3.63) is 65.0 Å². The van der Waals surface area contributed by atoms with Crippen molar-refractivity contribution in [1.82, 2.24) is 5.32 Å². The smallest absolute Gasteiger partial charge is 0.340 e. The Bertz CT molecular complexity index is 777. The van der Waals surface area contributed by atoms with Crippen LogP contribution in [0.15, 0.2) is 42.5 Å². The second-order valence-electron chi connectivity index (χ2n) is 5.91. The molecule has 0 aliphatic heterocycles. The highest BCUT2D eigenvalue weighted by Crippen LogP contribution is 2.16. The number of rotatable bonds is 7. The third-order valence-corrected chi connectivity index (χ3v) is 3.88. The lowest BCUT2D eigenvalue weighted by molar-refractivity contribution is 0.0501. The standard InChI is InChI=1S/C20H23FN2O3/c1-3-4-11-26-19(24)17-7-5-6-8-18(17)23-20(25)22-13-15-12-16(21)10-9-14(15)2/h5-10,12H,3-4,11,13H2,1-2H3,(H2,22,23,25). The van der Waals surface area contributed by atoms with Gasteiger partial charge in [0, 0.05) is 6.54 Å². The Hall–Kier alpha value is -2.89. The molecule has 0 saturated carbocycles. The molecule has 0 fully saturated rings. The Morgan fingerprint density at radius 1 is 1.15 bits per heavy atom. The van der Waals surface area contributed by atoms with Crippen LogP contribution in [-0.2, 0) is 11.3 Å². The first kappa shape index (κ1) is 19.4. The molecule has 0 heterocycles. The number of halogens is 1. The molecule has 2 N–H and O–H groups in total. The fourth-order valence-electron chi connectivity index (χ4n) is 2.33. The van der Waals surface area contributed by atoms with Crippen LogP contribution in [0.1, 0.15) is 41.3 Å². The van der Waals surface area contributed by atoms with Crippen LogP contribution in [-0.4, -0.2) is 18.6 Å². The quantitative estimate of drug-likeness (QED) is 0.569. The molecule has 6 heteroatoms. The predicted molar refractivity (Wildman–Crippen MR) is 98.6 cm³/mol. The van der Waals surface area contributed by atoms with Gasteiger partial charge in [0.25, 0.3) is 0 Å². The number of nitrogens with one attached hydrogen (secondary N) is 2. The minimum atomic E-state index is -0.484. The van der Waals surface area contributed by atoms with Crippen LogP contribution < -0.4 is 10.6 Å². The SMILES string of the molecule is CCCCOC(=O)c1ccccc1NC(=O)NCc1cc(F)ccc1C. The molecule has 0 unspecified atom stereocenters. The third kappa shape index (κ3) is 5.58. The molecule has 2 aromatic carbocycles. The molecule has 0 aromatic heterocycles. The van der Waals surface area contributed by atoms with Crippen LogP contribution in [0.25, 0.3) is 0 Å². The van der Waals surface area contributed by atoms with Crippen molar-refractivity contribution in [2.24, 2.45) is 0 Å². The van der Waals surface area contributed by atoms with Crippen LogP contribution in [0.5, 0.6) is 0 Å². The first-order valence-corrected chi connectivity index (χ1v) is 8.57. The third-order valence-electron chi connectivity index (χ3n) is 3.88. The van der Waals surface area contributed by atoms with Crippen molar-refractivity contribution in [3.8, 4) is 0 Å². The molecule has 0 saturated heterocycles. The maximum Gasteiger partial charge on any atom is 0.340 e. The summed E-state index contributed by atoms with van der Waals surface area (Å²) in [6, 6.07) is 10.6. The van der Waals surface area contributed by atoms with Gasteiger partial charge in [-0.2, -0.15) is 0 Å². The largest absolute Gasteiger partial charge is 0.462 e. The van der Waals surface area contributed by atoms with Crippen LogP contribution in [0.4, 0.5) is 14.9 Å². The van der Waals surface area contributed by atoms with Gasteiger partial charge in [0.2, 0.25) is 0 Å². The summed E-state index contributed by atoms with van der Waals surface area (Å²) in [7, 11) is 0. The highest BCUT2D eigenvalue weighted by molar-refractivity contribution is 6.00. The Labute approximate surface area is 152 Å². The number of benzene rings is 2. The monoisotopic (exact) mass is 358 g/mol. The number of hydrogen-bond acceptors (Lipinski definition) is 3. The molecule has 0 aliphatic carbocycles. The van der Waals surface area contributed by atoms with E-state index in [0.717, 1.165) is 18.4 Å². The van der Waals surface area contributed by atoms with E-state index in [0.29, 0.717) is 23.4 Å². The number of esters is 1. The average molecular weight is 358 g/mol. The molecule has 0 spiro atoms. The van der Waals surface area contributed by atoms with Gasteiger partial charge < -0.3 is 15.4 Å². The van der Waals surface area contributed by atoms with Crippen molar-refractivity contribution < 1.29 is 18.7 Å². The molecule has 2 amide bonds. The molecule has 138 valence electrons. The number of amides is 2. The minimum Gasteiger partial charge on any atom is -0.462 e. The van der Waals surface area contributed by atoms with Gasteiger partial charge in [-0.3, -0.25) is 0 Å². The maximum atomic E-state index is 13.3. The highest BCUT2D eigenvalue weighted by Gasteiger charge is 2.14. The van der Waals surface area contributed by atoms with Gasteiger partial charge in [-0.1, -0.05) is 31.5 Å². The van der Waals surface area contributed by atoms with E-state index >= 15 is 0 Å². The van der Waals surface area contributed by atoms with E-state index in [-0.39, 0.29) is 12.4 Å². The molecular formula is C20H23FN2O3. The normalized spacial score (nSPS) is 10.3. The zero-order chi connectivity index (χ0) is 18.9. The van der Waals surface area contributed by atoms with E-state index in [1.165, 1.54) is 12.1 Å². The lowest BCUT2D eigenvalue weighted by atomic mass is 10.1. The summed E-state index contributed by atoms with van der Waals surface area (Å²) < 4.78 is 18.5. The van der Waals surface area contributed by atoms with E-state index in [9.17, 15) is 14.0 Å². The summed E-state index contributed by atoms with van der Waals surface area (Å²) in [5.41, 5.74) is 2.22. The number of para-hydroxylation sites is 1. The minimum absolute atomic E-state index is 0.179. The van der Waals surface area contributed by atoms with E-state index in [4.69, 9.17) is 4.74 Å². The van der Waals surface area contributed by atoms with Crippen molar-refractivity contribution in [1.29, 1.82) is 0 Å². The summed E-state index contributed by atoms with van der Waals surface area (Å²) in [5.74, 6) is -0.830. The fourth-order valence-corrected chi connectivity index (χ4v) is 2.33. The molecular weight excluding hydrogens is 335 g/mol. The fraction of sp³-hybridized carbons (Fsp3) is 0.300. The van der Waals surface area contributed by atoms with Crippen LogP contribution in [0.2, 0.25) is 0 Å². The van der Waals surface area contributed by atoms with E-state index in [2.05, 4.69) is 10.6 Å². The van der Waals surface area contributed by atoms with Gasteiger partial charge >= 0.3 is 12.0 Å². The number of unbranched alkanes of at least 4 members (excludes halogenated alkanes) is 1. The molecule has 0 radical (unpaired) electrons. The van der Waals surface area contributed by atoms with Crippen LogP contribution >= 0.6 is 0 Å². The van der Waals surface area contributed by atoms with Crippen molar-refractivity contribution in [2.75, 3.05) is 11.9 Å². The van der Waals surface area contributed by atoms with Gasteiger partial charge in [-0.15, -0.1) is 0 Å². The number of urea groups is 1. The lowest BCUT2D eigenvalue weighted by Crippen LogP contribution is -2.29. The number of hydrogen-bond donors (Lipinski definition) is 2. The van der Waals surface area contributed by atoms with E-state index in [1.54, 1.807) is 30.3 Å². The molecule has 0 atom stereocenters. The number of carbonyl (C=O) groups excluding carboxylic acids is 2. The number of anilines is 1. The Kier molecular flexibility index (Phi) is 7.14. The summed E-state index contributed by atoms with van der Waals surface area (Å²) in [6.45, 7) is 4.37. The summed E-state index contributed by atoms with van der Waals surface area (Å²) in [6.07, 6.45) is 1.71. The first-order valence-electron chi connectivity index (χ1n) is 8.57. The van der Waals surface area contributed by atoms with Gasteiger partial charge in [0.1, 0.15) is 5.82 Å². The second-order valence-corrected chi connectivity index (χ2v) is 5.91. The van der Waals surface area contributed by atoms with Crippen molar-refractivity contribution in [3.63, 3.8) is 0 Å². The Morgan fingerprint density at radius 2 is 1.92 bits per heavy atom. The van der Waals surface area contributed by atoms with Gasteiger partial charge in [-0.25, -0.2) is 14.0 Å². The molecule has 5 nitrogen and oxygen atoms in total. The van der Waals surface area contributed by atoms with Crippen LogP contribution in [0.3, 0.4) is 0 Å². The molecule has 26 heavy (non-hydrogen) atoms. The maximum absolute atomic E-state index is 13.3. The van der Waals surface area contributed by atoms with Crippen molar-refractivity contribution >= 4 is 17.7 Å². The molecule has 2 rings (SSSR count). The highest BCUT2D eigenvalue weighted by atomic mass is 19.1. The lowest BCUT2D eigenvalue weighted by Gasteiger charge is -2.12. The topological polar surface area (TPSA) is 67.4 Å². The first-order chi connectivity index (χ1) is 12.5.